The molecule has 2 aromatic carbocycles. The van der Waals surface area contributed by atoms with Crippen LogP contribution in [0.2, 0.25) is 0 Å². The molecule has 1 atom stereocenters. The average molecular weight is 376 g/mol. The zero-order chi connectivity index (χ0) is 19.3. The average Bonchev–Trinajstić information content (AvgIpc) is 3.33. The number of nitriles is 1. The Kier molecular flexibility index (Phi) is 3.49. The lowest BCUT2D eigenvalue weighted by Gasteiger charge is -2.24. The van der Waals surface area contributed by atoms with Crippen LogP contribution in [0.25, 0.3) is 11.3 Å². The number of ether oxygens (including phenoxy) is 3. The van der Waals surface area contributed by atoms with E-state index in [-0.39, 0.29) is 29.9 Å². The Morgan fingerprint density at radius 2 is 1.93 bits per heavy atom. The van der Waals surface area contributed by atoms with E-state index in [4.69, 9.17) is 19.9 Å². The Labute approximate surface area is 158 Å². The highest BCUT2D eigenvalue weighted by Crippen LogP contribution is 2.47. The summed E-state index contributed by atoms with van der Waals surface area (Å²) in [6, 6.07) is 13.6. The van der Waals surface area contributed by atoms with E-state index in [9.17, 15) is 9.65 Å². The van der Waals surface area contributed by atoms with Crippen molar-refractivity contribution in [3.8, 4) is 34.7 Å². The molecular weight excluding hydrogens is 363 g/mol. The number of hydrogen-bond acceptors (Lipinski definition) is 6. The summed E-state index contributed by atoms with van der Waals surface area (Å²) in [6.07, 6.45) is 0. The first-order valence-electron chi connectivity index (χ1n) is 8.47. The molecule has 3 heterocycles. The van der Waals surface area contributed by atoms with Crippen molar-refractivity contribution >= 4 is 0 Å². The monoisotopic (exact) mass is 376 g/mol. The maximum atomic E-state index is 13.4. The van der Waals surface area contributed by atoms with Gasteiger partial charge in [-0.2, -0.15) is 5.26 Å². The molecule has 5 rings (SSSR count). The van der Waals surface area contributed by atoms with Crippen molar-refractivity contribution in [1.82, 2.24) is 10.2 Å². The molecule has 0 amide bonds. The molecule has 0 aliphatic carbocycles. The maximum absolute atomic E-state index is 13.4. The third kappa shape index (κ3) is 2.37. The first-order chi connectivity index (χ1) is 13.7. The lowest BCUT2D eigenvalue weighted by Crippen LogP contribution is -2.21. The largest absolute Gasteiger partial charge is 0.454 e. The van der Waals surface area contributed by atoms with Gasteiger partial charge in [0.25, 0.3) is 0 Å². The molecule has 8 heteroatoms. The van der Waals surface area contributed by atoms with Crippen molar-refractivity contribution < 1.29 is 18.6 Å². The number of nitrogens with two attached hydrogens (primary N) is 1. The minimum atomic E-state index is -0.526. The molecule has 1 aromatic heterocycles. The van der Waals surface area contributed by atoms with Gasteiger partial charge in [-0.25, -0.2) is 4.39 Å². The maximum Gasteiger partial charge on any atom is 0.244 e. The third-order valence-corrected chi connectivity index (χ3v) is 4.80. The molecule has 0 bridgehead atoms. The van der Waals surface area contributed by atoms with Gasteiger partial charge in [0, 0.05) is 5.56 Å². The number of halogens is 1. The van der Waals surface area contributed by atoms with Crippen LogP contribution in [0.1, 0.15) is 17.0 Å². The summed E-state index contributed by atoms with van der Waals surface area (Å²) in [5.41, 5.74) is 9.01. The van der Waals surface area contributed by atoms with E-state index in [2.05, 4.69) is 16.3 Å². The Bertz CT molecular complexity index is 1160. The van der Waals surface area contributed by atoms with E-state index in [0.29, 0.717) is 28.3 Å². The molecule has 0 unspecified atom stereocenters. The molecule has 3 aromatic rings. The quantitative estimate of drug-likeness (QED) is 0.712. The molecule has 0 saturated heterocycles. The first kappa shape index (κ1) is 16.2. The van der Waals surface area contributed by atoms with Crippen molar-refractivity contribution in [1.29, 1.82) is 5.26 Å². The molecule has 28 heavy (non-hydrogen) atoms. The third-order valence-electron chi connectivity index (χ3n) is 4.80. The second kappa shape index (κ2) is 6.03. The SMILES string of the molecule is N#CC1=C(N)Oc2n[nH]c(-c3ccc(F)cc3)c2[C@H]1c1ccc2c(c1)OCO2. The van der Waals surface area contributed by atoms with Crippen LogP contribution in [0.5, 0.6) is 17.4 Å². The van der Waals surface area contributed by atoms with E-state index in [1.807, 2.05) is 12.1 Å². The second-order valence-electron chi connectivity index (χ2n) is 6.36. The normalized spacial score (nSPS) is 17.1. The number of H-pyrrole nitrogens is 1. The van der Waals surface area contributed by atoms with E-state index >= 15 is 0 Å². The highest BCUT2D eigenvalue weighted by Gasteiger charge is 2.36. The van der Waals surface area contributed by atoms with Gasteiger partial charge in [0.15, 0.2) is 11.5 Å². The summed E-state index contributed by atoms with van der Waals surface area (Å²) < 4.78 is 29.8. The summed E-state index contributed by atoms with van der Waals surface area (Å²) in [6.45, 7) is 0.146. The van der Waals surface area contributed by atoms with E-state index < -0.39 is 5.92 Å². The molecule has 0 spiro atoms. The summed E-state index contributed by atoms with van der Waals surface area (Å²) in [5, 5.41) is 16.9. The summed E-state index contributed by atoms with van der Waals surface area (Å²) in [4.78, 5) is 0. The molecule has 2 aliphatic rings. The number of rotatable bonds is 2. The Hall–Kier alpha value is -3.99. The number of fused-ring (bicyclic) bond motifs is 2. The number of hydrogen-bond donors (Lipinski definition) is 2. The van der Waals surface area contributed by atoms with E-state index in [1.54, 1.807) is 18.2 Å². The van der Waals surface area contributed by atoms with Crippen LogP contribution in [-0.2, 0) is 0 Å². The fraction of sp³-hybridized carbons (Fsp3) is 0.100. The Balaban J connectivity index is 1.71. The van der Waals surface area contributed by atoms with Gasteiger partial charge in [0.05, 0.1) is 17.2 Å². The summed E-state index contributed by atoms with van der Waals surface area (Å²) in [7, 11) is 0. The highest BCUT2D eigenvalue weighted by atomic mass is 19.1. The van der Waals surface area contributed by atoms with E-state index in [1.165, 1.54) is 12.1 Å². The van der Waals surface area contributed by atoms with Crippen LogP contribution in [0.4, 0.5) is 4.39 Å². The molecule has 3 N–H and O–H groups in total. The number of benzene rings is 2. The van der Waals surface area contributed by atoms with Crippen LogP contribution in [0, 0.1) is 17.1 Å². The number of aromatic nitrogens is 2. The van der Waals surface area contributed by atoms with Crippen LogP contribution in [0.15, 0.2) is 53.9 Å². The van der Waals surface area contributed by atoms with Gasteiger partial charge in [-0.3, -0.25) is 5.10 Å². The van der Waals surface area contributed by atoms with Gasteiger partial charge in [-0.1, -0.05) is 6.07 Å². The van der Waals surface area contributed by atoms with Gasteiger partial charge < -0.3 is 19.9 Å². The predicted octanol–water partition coefficient (Wildman–Crippen LogP) is 3.16. The molecule has 7 nitrogen and oxygen atoms in total. The molecule has 138 valence electrons. The predicted molar refractivity (Wildman–Crippen MR) is 95.8 cm³/mol. The second-order valence-corrected chi connectivity index (χ2v) is 6.36. The van der Waals surface area contributed by atoms with Gasteiger partial charge in [-0.05, 0) is 42.0 Å². The number of nitrogens with one attached hydrogen (secondary N) is 1. The highest BCUT2D eigenvalue weighted by molar-refractivity contribution is 5.71. The molecular formula is C20H13FN4O3. The summed E-state index contributed by atoms with van der Waals surface area (Å²) in [5.74, 6) is 0.628. The van der Waals surface area contributed by atoms with Crippen LogP contribution >= 0.6 is 0 Å². The number of nitrogens with zero attached hydrogens (tertiary/aromatic N) is 2. The van der Waals surface area contributed by atoms with Gasteiger partial charge in [0.2, 0.25) is 18.6 Å². The van der Waals surface area contributed by atoms with Crippen LogP contribution in [-0.4, -0.2) is 17.0 Å². The topological polar surface area (TPSA) is 106 Å². The van der Waals surface area contributed by atoms with Crippen molar-refractivity contribution in [2.45, 2.75) is 5.92 Å². The van der Waals surface area contributed by atoms with Crippen molar-refractivity contribution in [2.24, 2.45) is 5.73 Å². The summed E-state index contributed by atoms with van der Waals surface area (Å²) >= 11 is 0. The lowest BCUT2D eigenvalue weighted by atomic mass is 9.83. The van der Waals surface area contributed by atoms with Crippen molar-refractivity contribution in [3.63, 3.8) is 0 Å². The Morgan fingerprint density at radius 3 is 2.71 bits per heavy atom. The van der Waals surface area contributed by atoms with Gasteiger partial charge in [0.1, 0.15) is 17.5 Å². The molecule has 0 saturated carbocycles. The van der Waals surface area contributed by atoms with Crippen molar-refractivity contribution in [2.75, 3.05) is 6.79 Å². The Morgan fingerprint density at radius 1 is 1.14 bits per heavy atom. The van der Waals surface area contributed by atoms with Crippen LogP contribution in [0.3, 0.4) is 0 Å². The minimum Gasteiger partial charge on any atom is -0.454 e. The first-order valence-corrected chi connectivity index (χ1v) is 8.47. The standard InChI is InChI=1S/C20H13FN4O3/c21-12-4-1-10(2-5-12)18-17-16(11-3-6-14-15(7-11)27-9-26-14)13(8-22)19(23)28-20(17)25-24-18/h1-7,16H,9,23H2,(H,24,25)/t16-/m0/s1. The van der Waals surface area contributed by atoms with Crippen molar-refractivity contribution in [3.05, 3.63) is 70.9 Å². The molecule has 2 aliphatic heterocycles. The van der Waals surface area contributed by atoms with Gasteiger partial charge >= 0.3 is 0 Å². The smallest absolute Gasteiger partial charge is 0.244 e. The molecule has 0 fully saturated rings. The fourth-order valence-electron chi connectivity index (χ4n) is 3.51. The van der Waals surface area contributed by atoms with Crippen LogP contribution < -0.4 is 19.9 Å². The number of aromatic amines is 1. The zero-order valence-corrected chi connectivity index (χ0v) is 14.4. The van der Waals surface area contributed by atoms with E-state index in [0.717, 1.165) is 5.56 Å². The lowest BCUT2D eigenvalue weighted by molar-refractivity contribution is 0.174. The minimum absolute atomic E-state index is 0.00479. The fourth-order valence-corrected chi connectivity index (χ4v) is 3.51. The number of allylic oxidation sites excluding steroid dienone is 1. The molecule has 0 radical (unpaired) electrons. The van der Waals surface area contributed by atoms with Gasteiger partial charge in [-0.15, -0.1) is 5.10 Å². The zero-order valence-electron chi connectivity index (χ0n) is 14.4.